The highest BCUT2D eigenvalue weighted by molar-refractivity contribution is 7.92. The second kappa shape index (κ2) is 9.53. The molecule has 32 heavy (non-hydrogen) atoms. The van der Waals surface area contributed by atoms with Gasteiger partial charge in [-0.05, 0) is 18.6 Å². The molecule has 1 aliphatic rings. The highest BCUT2D eigenvalue weighted by atomic mass is 32.2. The van der Waals surface area contributed by atoms with Gasteiger partial charge in [-0.15, -0.1) is 10.2 Å². The Labute approximate surface area is 190 Å². The van der Waals surface area contributed by atoms with E-state index in [1.54, 1.807) is 18.2 Å². The van der Waals surface area contributed by atoms with Crippen molar-refractivity contribution in [3.63, 3.8) is 0 Å². The summed E-state index contributed by atoms with van der Waals surface area (Å²) in [5.74, 6) is 0.835. The van der Waals surface area contributed by atoms with Gasteiger partial charge in [0.15, 0.2) is 11.5 Å². The zero-order valence-corrected chi connectivity index (χ0v) is 19.0. The standard InChI is InChI=1S/C21H22N4O5S2/c1-32(27,28)25(16-9-10-17-18(14-16)30-13-12-29-17)11-5-8-19(26)22-21-24-23-20(31-21)15-6-3-2-4-7-15/h2-4,6-7,9-10,14H,5,8,11-13H2,1H3,(H,22,24,26). The van der Waals surface area contributed by atoms with Crippen LogP contribution in [0.5, 0.6) is 11.5 Å². The predicted octanol–water partition coefficient (Wildman–Crippen LogP) is 3.16. The van der Waals surface area contributed by atoms with E-state index in [9.17, 15) is 13.2 Å². The Morgan fingerprint density at radius 1 is 1.09 bits per heavy atom. The second-order valence-corrected chi connectivity index (χ2v) is 9.98. The van der Waals surface area contributed by atoms with Crippen molar-refractivity contribution in [3.8, 4) is 22.1 Å². The van der Waals surface area contributed by atoms with E-state index < -0.39 is 10.0 Å². The van der Waals surface area contributed by atoms with Crippen molar-refractivity contribution in [1.82, 2.24) is 10.2 Å². The van der Waals surface area contributed by atoms with Crippen LogP contribution < -0.4 is 19.1 Å². The molecule has 0 saturated heterocycles. The van der Waals surface area contributed by atoms with Crippen LogP contribution in [0.15, 0.2) is 48.5 Å². The maximum Gasteiger partial charge on any atom is 0.232 e. The summed E-state index contributed by atoms with van der Waals surface area (Å²) in [6.07, 6.45) is 1.60. The lowest BCUT2D eigenvalue weighted by Crippen LogP contribution is -2.31. The smallest absolute Gasteiger partial charge is 0.232 e. The average Bonchev–Trinajstić information content (AvgIpc) is 3.24. The number of hydrogen-bond acceptors (Lipinski definition) is 8. The molecule has 2 heterocycles. The summed E-state index contributed by atoms with van der Waals surface area (Å²) in [5, 5.41) is 11.9. The van der Waals surface area contributed by atoms with Crippen LogP contribution in [-0.4, -0.2) is 50.5 Å². The van der Waals surface area contributed by atoms with Crippen LogP contribution in [0.25, 0.3) is 10.6 Å². The summed E-state index contributed by atoms with van der Waals surface area (Å²) in [6.45, 7) is 1.02. The van der Waals surface area contributed by atoms with Crippen molar-refractivity contribution in [2.75, 3.05) is 35.6 Å². The zero-order chi connectivity index (χ0) is 22.6. The largest absolute Gasteiger partial charge is 0.486 e. The predicted molar refractivity (Wildman–Crippen MR) is 123 cm³/mol. The SMILES string of the molecule is CS(=O)(=O)N(CCCC(=O)Nc1nnc(-c2ccccc2)s1)c1ccc2c(c1)OCCO2. The Balaban J connectivity index is 1.35. The van der Waals surface area contributed by atoms with E-state index in [4.69, 9.17) is 9.47 Å². The maximum absolute atomic E-state index is 12.3. The van der Waals surface area contributed by atoms with Gasteiger partial charge in [0.2, 0.25) is 21.1 Å². The van der Waals surface area contributed by atoms with Gasteiger partial charge >= 0.3 is 0 Å². The molecule has 0 aliphatic carbocycles. The van der Waals surface area contributed by atoms with Gasteiger partial charge in [-0.1, -0.05) is 41.7 Å². The van der Waals surface area contributed by atoms with Crippen molar-refractivity contribution in [2.45, 2.75) is 12.8 Å². The fourth-order valence-electron chi connectivity index (χ4n) is 3.21. The molecule has 0 unspecified atom stereocenters. The molecule has 0 fully saturated rings. The number of aromatic nitrogens is 2. The van der Waals surface area contributed by atoms with Gasteiger partial charge in [0.25, 0.3) is 0 Å². The van der Waals surface area contributed by atoms with Gasteiger partial charge in [-0.3, -0.25) is 9.10 Å². The van der Waals surface area contributed by atoms with E-state index in [0.29, 0.717) is 47.0 Å². The van der Waals surface area contributed by atoms with E-state index in [1.807, 2.05) is 30.3 Å². The monoisotopic (exact) mass is 474 g/mol. The number of hydrogen-bond donors (Lipinski definition) is 1. The first-order valence-electron chi connectivity index (χ1n) is 9.96. The van der Waals surface area contributed by atoms with E-state index in [2.05, 4.69) is 15.5 Å². The summed E-state index contributed by atoms with van der Waals surface area (Å²) in [4.78, 5) is 12.3. The fraction of sp³-hybridized carbons (Fsp3) is 0.286. The number of amides is 1. The second-order valence-electron chi connectivity index (χ2n) is 7.09. The first kappa shape index (κ1) is 22.0. The quantitative estimate of drug-likeness (QED) is 0.534. The molecule has 2 aromatic carbocycles. The molecule has 1 amide bonds. The minimum atomic E-state index is -3.54. The van der Waals surface area contributed by atoms with Gasteiger partial charge in [0.05, 0.1) is 11.9 Å². The van der Waals surface area contributed by atoms with Crippen LogP contribution in [0.4, 0.5) is 10.8 Å². The Bertz CT molecular complexity index is 1200. The Morgan fingerprint density at radius 2 is 1.84 bits per heavy atom. The molecule has 0 spiro atoms. The van der Waals surface area contributed by atoms with Crippen molar-refractivity contribution < 1.29 is 22.7 Å². The summed E-state index contributed by atoms with van der Waals surface area (Å²) < 4.78 is 37.0. The Hall–Kier alpha value is -3.18. The normalized spacial score (nSPS) is 12.9. The topological polar surface area (TPSA) is 111 Å². The molecule has 0 saturated carbocycles. The third-order valence-corrected chi connectivity index (χ3v) is 6.75. The third kappa shape index (κ3) is 5.35. The average molecular weight is 475 g/mol. The van der Waals surface area contributed by atoms with Crippen molar-refractivity contribution in [1.29, 1.82) is 0 Å². The van der Waals surface area contributed by atoms with Crippen molar-refractivity contribution in [3.05, 3.63) is 48.5 Å². The summed E-state index contributed by atoms with van der Waals surface area (Å²) in [7, 11) is -3.54. The van der Waals surface area contributed by atoms with Gasteiger partial charge in [-0.25, -0.2) is 8.42 Å². The Morgan fingerprint density at radius 3 is 2.59 bits per heavy atom. The van der Waals surface area contributed by atoms with Crippen LogP contribution in [-0.2, 0) is 14.8 Å². The van der Waals surface area contributed by atoms with Crippen molar-refractivity contribution in [2.24, 2.45) is 0 Å². The molecular formula is C21H22N4O5S2. The summed E-state index contributed by atoms with van der Waals surface area (Å²) >= 11 is 1.28. The van der Waals surface area contributed by atoms with Crippen LogP contribution >= 0.6 is 11.3 Å². The van der Waals surface area contributed by atoms with Crippen LogP contribution in [0.2, 0.25) is 0 Å². The number of fused-ring (bicyclic) bond motifs is 1. The Kier molecular flexibility index (Phi) is 6.56. The molecular weight excluding hydrogens is 452 g/mol. The molecule has 9 nitrogen and oxygen atoms in total. The number of benzene rings is 2. The lowest BCUT2D eigenvalue weighted by atomic mass is 10.2. The summed E-state index contributed by atoms with van der Waals surface area (Å²) in [6, 6.07) is 14.6. The molecule has 4 rings (SSSR count). The van der Waals surface area contributed by atoms with Crippen LogP contribution in [0.1, 0.15) is 12.8 Å². The molecule has 3 aromatic rings. The zero-order valence-electron chi connectivity index (χ0n) is 17.4. The third-order valence-electron chi connectivity index (χ3n) is 4.67. The van der Waals surface area contributed by atoms with Crippen LogP contribution in [0, 0.1) is 0 Å². The number of anilines is 2. The number of carbonyl (C=O) groups is 1. The molecule has 1 N–H and O–H groups in total. The molecule has 0 atom stereocenters. The van der Waals surface area contributed by atoms with Crippen molar-refractivity contribution >= 4 is 38.1 Å². The highest BCUT2D eigenvalue weighted by Crippen LogP contribution is 2.34. The summed E-state index contributed by atoms with van der Waals surface area (Å²) in [5.41, 5.74) is 1.39. The van der Waals surface area contributed by atoms with Crippen LogP contribution in [0.3, 0.4) is 0 Å². The number of rotatable bonds is 8. The highest BCUT2D eigenvalue weighted by Gasteiger charge is 2.21. The fourth-order valence-corrected chi connectivity index (χ4v) is 4.93. The van der Waals surface area contributed by atoms with E-state index in [1.165, 1.54) is 15.6 Å². The number of ether oxygens (including phenoxy) is 2. The minimum Gasteiger partial charge on any atom is -0.486 e. The molecule has 0 bridgehead atoms. The van der Waals surface area contributed by atoms with E-state index in [0.717, 1.165) is 11.8 Å². The number of carbonyl (C=O) groups excluding carboxylic acids is 1. The van der Waals surface area contributed by atoms with E-state index in [-0.39, 0.29) is 18.9 Å². The van der Waals surface area contributed by atoms with Gasteiger partial charge in [-0.2, -0.15) is 0 Å². The number of nitrogens with zero attached hydrogens (tertiary/aromatic N) is 3. The molecule has 1 aromatic heterocycles. The van der Waals surface area contributed by atoms with Gasteiger partial charge < -0.3 is 14.8 Å². The first-order valence-corrected chi connectivity index (χ1v) is 12.6. The number of sulfonamides is 1. The molecule has 11 heteroatoms. The van der Waals surface area contributed by atoms with Gasteiger partial charge in [0, 0.05) is 24.6 Å². The lowest BCUT2D eigenvalue weighted by Gasteiger charge is -2.25. The molecule has 0 radical (unpaired) electrons. The lowest BCUT2D eigenvalue weighted by molar-refractivity contribution is -0.116. The molecule has 1 aliphatic heterocycles. The van der Waals surface area contributed by atoms with Gasteiger partial charge in [0.1, 0.15) is 18.2 Å². The minimum absolute atomic E-state index is 0.136. The molecule has 168 valence electrons. The van der Waals surface area contributed by atoms with E-state index >= 15 is 0 Å². The maximum atomic E-state index is 12.3. The number of nitrogens with one attached hydrogen (secondary N) is 1. The first-order chi connectivity index (χ1) is 15.4.